The number of carbonyl (C=O) groups is 2. The normalized spacial score (nSPS) is 12.3. The summed E-state index contributed by atoms with van der Waals surface area (Å²) in [6.07, 6.45) is 0.917. The summed E-state index contributed by atoms with van der Waals surface area (Å²) >= 11 is 0. The molecule has 1 aromatic carbocycles. The van der Waals surface area contributed by atoms with Gasteiger partial charge < -0.3 is 9.47 Å². The SMILES string of the molecule is COC(=O)C(C)(C)c1cn(C(=O)OC(C)(C)C)c2ccc(F)cc12. The molecule has 0 aliphatic heterocycles. The molecule has 0 radical (unpaired) electrons. The van der Waals surface area contributed by atoms with Crippen molar-refractivity contribution in [2.45, 2.75) is 45.6 Å². The first-order valence-corrected chi connectivity index (χ1v) is 7.60. The Hall–Kier alpha value is -2.37. The maximum absolute atomic E-state index is 13.7. The van der Waals surface area contributed by atoms with E-state index in [0.717, 1.165) is 0 Å². The zero-order valence-electron chi connectivity index (χ0n) is 14.8. The van der Waals surface area contributed by atoms with E-state index in [1.807, 2.05) is 0 Å². The average Bonchev–Trinajstić information content (AvgIpc) is 2.83. The van der Waals surface area contributed by atoms with Gasteiger partial charge >= 0.3 is 12.1 Å². The monoisotopic (exact) mass is 335 g/mol. The second kappa shape index (κ2) is 5.92. The number of hydrogen-bond donors (Lipinski definition) is 0. The van der Waals surface area contributed by atoms with Crippen LogP contribution in [-0.4, -0.2) is 29.3 Å². The average molecular weight is 335 g/mol. The molecule has 0 spiro atoms. The molecule has 0 bridgehead atoms. The van der Waals surface area contributed by atoms with Crippen molar-refractivity contribution in [3.8, 4) is 0 Å². The lowest BCUT2D eigenvalue weighted by Gasteiger charge is -2.21. The molecule has 0 saturated carbocycles. The Kier molecular flexibility index (Phi) is 4.44. The predicted molar refractivity (Wildman–Crippen MR) is 88.6 cm³/mol. The van der Waals surface area contributed by atoms with Crippen molar-refractivity contribution in [3.63, 3.8) is 0 Å². The minimum absolute atomic E-state index is 0.452. The molecule has 6 heteroatoms. The standard InChI is InChI=1S/C18H22FNO4/c1-17(2,3)24-16(22)20-10-13(18(4,5)15(21)23-6)12-9-11(19)7-8-14(12)20/h7-10H,1-6H3. The molecule has 1 heterocycles. The van der Waals surface area contributed by atoms with Gasteiger partial charge in [0, 0.05) is 11.6 Å². The molecule has 0 fully saturated rings. The first-order valence-electron chi connectivity index (χ1n) is 7.60. The highest BCUT2D eigenvalue weighted by molar-refractivity contribution is 5.96. The van der Waals surface area contributed by atoms with E-state index in [-0.39, 0.29) is 0 Å². The predicted octanol–water partition coefficient (Wildman–Crippen LogP) is 4.01. The molecule has 0 unspecified atom stereocenters. The number of aromatic nitrogens is 1. The third-order valence-corrected chi connectivity index (χ3v) is 3.73. The van der Waals surface area contributed by atoms with E-state index < -0.39 is 28.9 Å². The number of nitrogens with zero attached hydrogens (tertiary/aromatic N) is 1. The molecule has 0 aliphatic rings. The number of halogens is 1. The van der Waals surface area contributed by atoms with Crippen LogP contribution in [-0.2, 0) is 19.7 Å². The molecule has 2 rings (SSSR count). The lowest BCUT2D eigenvalue weighted by molar-refractivity contribution is -0.146. The largest absolute Gasteiger partial charge is 0.468 e. The summed E-state index contributed by atoms with van der Waals surface area (Å²) in [7, 11) is 1.29. The number of fused-ring (bicyclic) bond motifs is 1. The molecular weight excluding hydrogens is 313 g/mol. The Morgan fingerprint density at radius 3 is 2.29 bits per heavy atom. The van der Waals surface area contributed by atoms with Gasteiger partial charge in [0.1, 0.15) is 11.4 Å². The lowest BCUT2D eigenvalue weighted by atomic mass is 9.84. The third kappa shape index (κ3) is 3.27. The molecule has 130 valence electrons. The van der Waals surface area contributed by atoms with Gasteiger partial charge in [0.05, 0.1) is 18.0 Å². The van der Waals surface area contributed by atoms with Crippen molar-refractivity contribution in [3.05, 3.63) is 35.8 Å². The van der Waals surface area contributed by atoms with Crippen molar-refractivity contribution >= 4 is 23.0 Å². The highest BCUT2D eigenvalue weighted by Crippen LogP contribution is 2.34. The smallest absolute Gasteiger partial charge is 0.419 e. The summed E-state index contributed by atoms with van der Waals surface area (Å²) < 4.78 is 25.2. The van der Waals surface area contributed by atoms with Gasteiger partial charge in [-0.05, 0) is 58.4 Å². The van der Waals surface area contributed by atoms with E-state index in [1.54, 1.807) is 34.6 Å². The fraction of sp³-hybridized carbons (Fsp3) is 0.444. The number of hydrogen-bond acceptors (Lipinski definition) is 4. The topological polar surface area (TPSA) is 57.5 Å². The van der Waals surface area contributed by atoms with E-state index in [4.69, 9.17) is 9.47 Å². The van der Waals surface area contributed by atoms with Crippen LogP contribution >= 0.6 is 0 Å². The molecule has 2 aromatic rings. The molecule has 0 saturated heterocycles. The fourth-order valence-electron chi connectivity index (χ4n) is 2.53. The van der Waals surface area contributed by atoms with E-state index in [0.29, 0.717) is 16.5 Å². The van der Waals surface area contributed by atoms with Gasteiger partial charge in [-0.15, -0.1) is 0 Å². The molecule has 1 aromatic heterocycles. The Bertz CT molecular complexity index is 799. The number of methoxy groups -OCH3 is 1. The van der Waals surface area contributed by atoms with Crippen molar-refractivity contribution < 1.29 is 23.5 Å². The van der Waals surface area contributed by atoms with E-state index in [9.17, 15) is 14.0 Å². The minimum Gasteiger partial charge on any atom is -0.468 e. The quantitative estimate of drug-likeness (QED) is 0.778. The van der Waals surface area contributed by atoms with E-state index >= 15 is 0 Å². The van der Waals surface area contributed by atoms with Gasteiger partial charge in [-0.25, -0.2) is 9.18 Å². The molecule has 5 nitrogen and oxygen atoms in total. The van der Waals surface area contributed by atoms with Crippen LogP contribution in [0.3, 0.4) is 0 Å². The summed E-state index contributed by atoms with van der Waals surface area (Å²) in [6, 6.07) is 4.06. The second-order valence-electron chi connectivity index (χ2n) is 7.17. The Morgan fingerprint density at radius 1 is 1.12 bits per heavy atom. The molecule has 0 aliphatic carbocycles. The zero-order chi connectivity index (χ0) is 18.3. The number of benzene rings is 1. The van der Waals surface area contributed by atoms with Crippen molar-refractivity contribution in [1.29, 1.82) is 0 Å². The van der Waals surface area contributed by atoms with Gasteiger partial charge in [-0.2, -0.15) is 0 Å². The van der Waals surface area contributed by atoms with E-state index in [2.05, 4.69) is 0 Å². The van der Waals surface area contributed by atoms with Gasteiger partial charge in [-0.3, -0.25) is 9.36 Å². The summed E-state index contributed by atoms with van der Waals surface area (Å²) in [5.41, 5.74) is -0.757. The Balaban J connectivity index is 2.68. The molecule has 24 heavy (non-hydrogen) atoms. The van der Waals surface area contributed by atoms with Crippen LogP contribution in [0.15, 0.2) is 24.4 Å². The Labute approximate surface area is 140 Å². The number of esters is 1. The summed E-state index contributed by atoms with van der Waals surface area (Å²) in [6.45, 7) is 8.61. The second-order valence-corrected chi connectivity index (χ2v) is 7.17. The first kappa shape index (κ1) is 18.0. The minimum atomic E-state index is -1.05. The van der Waals surface area contributed by atoms with Crippen molar-refractivity contribution in [2.24, 2.45) is 0 Å². The highest BCUT2D eigenvalue weighted by atomic mass is 19.1. The van der Waals surface area contributed by atoms with Crippen LogP contribution < -0.4 is 0 Å². The van der Waals surface area contributed by atoms with Crippen LogP contribution in [0.5, 0.6) is 0 Å². The van der Waals surface area contributed by atoms with Crippen LogP contribution in [0.4, 0.5) is 9.18 Å². The summed E-state index contributed by atoms with van der Waals surface area (Å²) in [5, 5.41) is 0.469. The lowest BCUT2D eigenvalue weighted by Crippen LogP contribution is -2.30. The molecule has 0 N–H and O–H groups in total. The van der Waals surface area contributed by atoms with Crippen molar-refractivity contribution in [1.82, 2.24) is 4.57 Å². The van der Waals surface area contributed by atoms with Gasteiger partial charge in [-0.1, -0.05) is 0 Å². The molecular formula is C18H22FNO4. The summed E-state index contributed by atoms with van der Waals surface area (Å²) in [4.78, 5) is 24.6. The molecule has 0 amide bonds. The fourth-order valence-corrected chi connectivity index (χ4v) is 2.53. The maximum atomic E-state index is 13.7. The number of rotatable bonds is 2. The van der Waals surface area contributed by atoms with Crippen LogP contribution in [0.2, 0.25) is 0 Å². The maximum Gasteiger partial charge on any atom is 0.419 e. The number of carbonyl (C=O) groups excluding carboxylic acids is 2. The highest BCUT2D eigenvalue weighted by Gasteiger charge is 2.35. The van der Waals surface area contributed by atoms with Crippen LogP contribution in [0, 0.1) is 5.82 Å². The summed E-state index contributed by atoms with van der Waals surface area (Å²) in [5.74, 6) is -0.929. The van der Waals surface area contributed by atoms with Crippen LogP contribution in [0.25, 0.3) is 10.9 Å². The first-order chi connectivity index (χ1) is 11.0. The van der Waals surface area contributed by atoms with Gasteiger partial charge in [0.2, 0.25) is 0 Å². The van der Waals surface area contributed by atoms with Gasteiger partial charge in [0.25, 0.3) is 0 Å². The number of ether oxygens (including phenoxy) is 2. The van der Waals surface area contributed by atoms with Gasteiger partial charge in [0.15, 0.2) is 0 Å². The van der Waals surface area contributed by atoms with Crippen molar-refractivity contribution in [2.75, 3.05) is 7.11 Å². The third-order valence-electron chi connectivity index (χ3n) is 3.73. The zero-order valence-corrected chi connectivity index (χ0v) is 14.8. The molecule has 0 atom stereocenters. The van der Waals surface area contributed by atoms with Crippen LogP contribution in [0.1, 0.15) is 40.2 Å². The Morgan fingerprint density at radius 2 is 1.75 bits per heavy atom. The van der Waals surface area contributed by atoms with E-state index in [1.165, 1.54) is 36.1 Å².